The lowest BCUT2D eigenvalue weighted by atomic mass is 9.85. The van der Waals surface area contributed by atoms with Gasteiger partial charge in [0.25, 0.3) is 23.6 Å². The number of hydrogen-bond acceptors (Lipinski definition) is 4. The Labute approximate surface area is 468 Å². The minimum atomic E-state index is -0.262. The highest BCUT2D eigenvalue weighted by Gasteiger charge is 2.24. The second-order valence-corrected chi connectivity index (χ2v) is 21.8. The predicted octanol–water partition coefficient (Wildman–Crippen LogP) is 14.7. The van der Waals surface area contributed by atoms with Gasteiger partial charge in [0.1, 0.15) is 0 Å². The Morgan fingerprint density at radius 3 is 0.963 bits per heavy atom. The van der Waals surface area contributed by atoms with E-state index in [1.54, 1.807) is 0 Å². The molecule has 0 unspecified atom stereocenters. The third kappa shape index (κ3) is 11.7. The van der Waals surface area contributed by atoms with Gasteiger partial charge in [0.2, 0.25) is 0 Å². The average Bonchev–Trinajstić information content (AvgIpc) is 4.11. The SMILES string of the molecule is Cc1ccc2c(-c3c(Cc4ccc(Cc5ccc(Cc6ccc(CN7C(=O)C=CC7=O)cc6)cc5)cc4)ccc4cc(C)ccc34)cc(Cc3ccc(Cc4ccc(Cc5ccc(CN6C(=O)C=CC6=O)cc5)cc4)cc3)cc2c1. The van der Waals surface area contributed by atoms with Gasteiger partial charge >= 0.3 is 0 Å². The molecule has 390 valence electrons. The van der Waals surface area contributed by atoms with Gasteiger partial charge in [0.05, 0.1) is 13.1 Å². The van der Waals surface area contributed by atoms with E-state index in [0.29, 0.717) is 0 Å². The van der Waals surface area contributed by atoms with Crippen molar-refractivity contribution in [2.75, 3.05) is 0 Å². The summed E-state index contributed by atoms with van der Waals surface area (Å²) in [4.78, 5) is 50.6. The van der Waals surface area contributed by atoms with Crippen molar-refractivity contribution < 1.29 is 19.2 Å². The summed E-state index contributed by atoms with van der Waals surface area (Å²) < 4.78 is 0. The van der Waals surface area contributed by atoms with Crippen molar-refractivity contribution >= 4 is 45.2 Å². The molecule has 6 nitrogen and oxygen atoms in total. The van der Waals surface area contributed by atoms with Crippen LogP contribution in [0.15, 0.2) is 231 Å². The van der Waals surface area contributed by atoms with Crippen LogP contribution in [0.4, 0.5) is 0 Å². The Morgan fingerprint density at radius 2 is 0.588 bits per heavy atom. The molecule has 0 aromatic heterocycles. The molecule has 0 bridgehead atoms. The van der Waals surface area contributed by atoms with E-state index in [-0.39, 0.29) is 36.7 Å². The van der Waals surface area contributed by atoms with E-state index in [1.165, 1.54) is 145 Å². The van der Waals surface area contributed by atoms with Crippen LogP contribution in [-0.2, 0) is 70.8 Å². The molecule has 10 aromatic rings. The fourth-order valence-corrected chi connectivity index (χ4v) is 11.4. The number of benzene rings is 10. The Morgan fingerprint density at radius 1 is 0.275 bits per heavy atom. The van der Waals surface area contributed by atoms with Crippen LogP contribution in [-0.4, -0.2) is 33.4 Å². The molecule has 2 aliphatic heterocycles. The molecule has 0 saturated heterocycles. The highest BCUT2D eigenvalue weighted by atomic mass is 16.2. The minimum absolute atomic E-state index is 0.262. The maximum absolute atomic E-state index is 12.0. The van der Waals surface area contributed by atoms with Gasteiger partial charge in [0, 0.05) is 24.3 Å². The topological polar surface area (TPSA) is 74.8 Å². The van der Waals surface area contributed by atoms with E-state index < -0.39 is 0 Å². The number of rotatable bonds is 17. The summed E-state index contributed by atoms with van der Waals surface area (Å²) in [5.74, 6) is -1.05. The van der Waals surface area contributed by atoms with E-state index in [9.17, 15) is 19.2 Å². The van der Waals surface area contributed by atoms with Crippen LogP contribution in [0.25, 0.3) is 32.7 Å². The summed E-state index contributed by atoms with van der Waals surface area (Å²) in [6.07, 6.45) is 10.2. The Bertz CT molecular complexity index is 4020. The number of fused-ring (bicyclic) bond motifs is 2. The zero-order valence-corrected chi connectivity index (χ0v) is 45.1. The molecule has 12 rings (SSSR count). The van der Waals surface area contributed by atoms with E-state index in [0.717, 1.165) is 49.7 Å². The Kier molecular flexibility index (Phi) is 14.4. The smallest absolute Gasteiger partial charge is 0.253 e. The first-order valence-electron chi connectivity index (χ1n) is 27.6. The lowest BCUT2D eigenvalue weighted by Gasteiger charge is -2.18. The highest BCUT2D eigenvalue weighted by Crippen LogP contribution is 2.40. The van der Waals surface area contributed by atoms with Gasteiger partial charge in [-0.1, -0.05) is 217 Å². The summed E-state index contributed by atoms with van der Waals surface area (Å²) in [5, 5.41) is 5.04. The number of hydrogen-bond donors (Lipinski definition) is 0. The molecular weight excluding hydrogens is 981 g/mol. The number of imide groups is 2. The summed E-state index contributed by atoms with van der Waals surface area (Å²) in [6, 6.07) is 75.6. The molecule has 0 atom stereocenters. The van der Waals surface area contributed by atoms with Gasteiger partial charge in [-0.05, 0) is 163 Å². The number of carbonyl (C=O) groups excluding carboxylic acids is 4. The molecule has 0 aliphatic carbocycles. The molecule has 2 aliphatic rings. The molecule has 0 N–H and O–H groups in total. The monoisotopic (exact) mass is 1040 g/mol. The Hall–Kier alpha value is -9.52. The molecule has 80 heavy (non-hydrogen) atoms. The lowest BCUT2D eigenvalue weighted by Crippen LogP contribution is -2.29. The highest BCUT2D eigenvalue weighted by molar-refractivity contribution is 6.13. The molecular formula is C74H60N2O4. The first-order chi connectivity index (χ1) is 39.0. The van der Waals surface area contributed by atoms with Crippen molar-refractivity contribution in [3.8, 4) is 11.1 Å². The van der Waals surface area contributed by atoms with Gasteiger partial charge < -0.3 is 0 Å². The fraction of sp³-hybridized carbons (Fsp3) is 0.135. The fourth-order valence-electron chi connectivity index (χ4n) is 11.4. The van der Waals surface area contributed by atoms with Crippen molar-refractivity contribution in [3.63, 3.8) is 0 Å². The number of carbonyl (C=O) groups is 4. The first kappa shape index (κ1) is 51.2. The van der Waals surface area contributed by atoms with E-state index in [2.05, 4.69) is 196 Å². The van der Waals surface area contributed by atoms with E-state index in [1.807, 2.05) is 24.3 Å². The zero-order chi connectivity index (χ0) is 54.7. The molecule has 0 spiro atoms. The molecule has 0 saturated carbocycles. The van der Waals surface area contributed by atoms with Gasteiger partial charge in [0.15, 0.2) is 0 Å². The van der Waals surface area contributed by atoms with Crippen LogP contribution >= 0.6 is 0 Å². The summed E-state index contributed by atoms with van der Waals surface area (Å²) >= 11 is 0. The maximum Gasteiger partial charge on any atom is 0.253 e. The summed E-state index contributed by atoms with van der Waals surface area (Å²) in [7, 11) is 0. The number of nitrogens with zero attached hydrogens (tertiary/aromatic N) is 2. The normalized spacial score (nSPS) is 13.2. The second-order valence-electron chi connectivity index (χ2n) is 21.8. The van der Waals surface area contributed by atoms with Gasteiger partial charge in [-0.25, -0.2) is 0 Å². The minimum Gasteiger partial charge on any atom is -0.271 e. The third-order valence-corrected chi connectivity index (χ3v) is 15.8. The molecule has 0 fully saturated rings. The second kappa shape index (κ2) is 22.4. The number of amides is 4. The van der Waals surface area contributed by atoms with Crippen LogP contribution in [0.5, 0.6) is 0 Å². The van der Waals surface area contributed by atoms with Crippen LogP contribution in [0, 0.1) is 13.8 Å². The van der Waals surface area contributed by atoms with Crippen LogP contribution in [0.1, 0.15) is 89.0 Å². The molecule has 10 aromatic carbocycles. The Balaban J connectivity index is 0.721. The van der Waals surface area contributed by atoms with Crippen molar-refractivity contribution in [1.29, 1.82) is 0 Å². The molecule has 2 heterocycles. The lowest BCUT2D eigenvalue weighted by molar-refractivity contribution is -0.139. The van der Waals surface area contributed by atoms with Crippen molar-refractivity contribution in [1.82, 2.24) is 9.80 Å². The van der Waals surface area contributed by atoms with Crippen LogP contribution in [0.3, 0.4) is 0 Å². The summed E-state index contributed by atoms with van der Waals surface area (Å²) in [6.45, 7) is 4.93. The van der Waals surface area contributed by atoms with Gasteiger partial charge in [-0.2, -0.15) is 0 Å². The molecule has 4 amide bonds. The van der Waals surface area contributed by atoms with Gasteiger partial charge in [-0.15, -0.1) is 0 Å². The number of aryl methyl sites for hydroxylation is 2. The standard InChI is InChI=1S/C74H60N2O4/c1-49-4-32-68-64(37-49)29-30-65(44-60-19-17-56(18-20-60)40-52-7-11-54(12-8-52)42-58-23-27-62(28-24-58)48-76-72(79)35-36-73(76)80)74(68)69-46-63(45-66-38-50(2)3-31-67(66)69)43-59-15-13-55(14-16-59)39-51-5-9-53(10-6-51)41-57-21-25-61(26-22-57)47-75-70(77)33-34-71(75)78/h3-38,45-46H,39-44,47-48H2,1-2H3. The van der Waals surface area contributed by atoms with Gasteiger partial charge in [-0.3, -0.25) is 29.0 Å². The van der Waals surface area contributed by atoms with Crippen LogP contribution < -0.4 is 0 Å². The maximum atomic E-state index is 12.0. The van der Waals surface area contributed by atoms with Crippen molar-refractivity contribution in [2.45, 2.75) is 65.5 Å². The van der Waals surface area contributed by atoms with E-state index >= 15 is 0 Å². The average molecular weight is 1040 g/mol. The molecule has 0 radical (unpaired) electrons. The van der Waals surface area contributed by atoms with E-state index in [4.69, 9.17) is 0 Å². The third-order valence-electron chi connectivity index (χ3n) is 15.8. The zero-order valence-electron chi connectivity index (χ0n) is 45.1. The van der Waals surface area contributed by atoms with Crippen LogP contribution in [0.2, 0.25) is 0 Å². The quantitative estimate of drug-likeness (QED) is 0.0852. The first-order valence-corrected chi connectivity index (χ1v) is 27.6. The van der Waals surface area contributed by atoms with Crippen molar-refractivity contribution in [3.05, 3.63) is 320 Å². The predicted molar refractivity (Wildman–Crippen MR) is 321 cm³/mol. The van der Waals surface area contributed by atoms with Crippen molar-refractivity contribution in [2.24, 2.45) is 0 Å². The summed E-state index contributed by atoms with van der Waals surface area (Å²) in [5.41, 5.74) is 22.0. The largest absolute Gasteiger partial charge is 0.271 e. The molecule has 6 heteroatoms.